The maximum absolute atomic E-state index is 10.8. The number of nitrogens with one attached hydrogen (secondary N) is 1. The molecule has 3 nitrogen and oxygen atoms in total. The summed E-state index contributed by atoms with van der Waals surface area (Å²) in [7, 11) is 0. The fourth-order valence-electron chi connectivity index (χ4n) is 5.11. The van der Waals surface area contributed by atoms with Gasteiger partial charge in [-0.15, -0.1) is 12.4 Å². The Hall–Kier alpha value is -4.05. The third-order valence-electron chi connectivity index (χ3n) is 6.98. The molecule has 0 saturated carbocycles. The first-order valence-electron chi connectivity index (χ1n) is 12.6. The third-order valence-corrected chi connectivity index (χ3v) is 6.98. The van der Waals surface area contributed by atoms with Gasteiger partial charge in [0, 0.05) is 0 Å². The maximum atomic E-state index is 10.8. The predicted octanol–water partition coefficient (Wildman–Crippen LogP) is 7.58. The molecule has 5 aromatic rings. The third kappa shape index (κ3) is 6.08. The van der Waals surface area contributed by atoms with Gasteiger partial charge in [-0.05, 0) is 52.8 Å². The molecule has 5 rings (SSSR count). The molecule has 0 heterocycles. The summed E-state index contributed by atoms with van der Waals surface area (Å²) in [5.74, 6) is 0.524. The minimum absolute atomic E-state index is 0. The summed E-state index contributed by atoms with van der Waals surface area (Å²) in [5, 5.41) is 25.7. The molecule has 38 heavy (non-hydrogen) atoms. The summed E-state index contributed by atoms with van der Waals surface area (Å²) >= 11 is 0. The highest BCUT2D eigenvalue weighted by Gasteiger charge is 2.37. The second kappa shape index (κ2) is 12.5. The number of rotatable bonds is 9. The van der Waals surface area contributed by atoms with Crippen molar-refractivity contribution in [1.29, 1.82) is 0 Å². The standard InChI is InChI=1S/C34H31NO2.ClH/c36-31-22-12-10-18-28(31)24-34(30-20-8-3-9-21-30,25-29-19-11-13-23-32(29)37)35-33(26-14-4-1-5-15-26)27-16-6-2-7-17-27;/h1-23,33,35-37H,24-25H2;1H. The van der Waals surface area contributed by atoms with Crippen LogP contribution in [0.1, 0.15) is 33.9 Å². The van der Waals surface area contributed by atoms with E-state index in [4.69, 9.17) is 0 Å². The molecule has 0 aliphatic heterocycles. The van der Waals surface area contributed by atoms with E-state index in [-0.39, 0.29) is 29.9 Å². The van der Waals surface area contributed by atoms with Gasteiger partial charge in [0.15, 0.2) is 0 Å². The minimum atomic E-state index is -0.657. The lowest BCUT2D eigenvalue weighted by molar-refractivity contribution is 0.293. The Balaban J connectivity index is 0.00000336. The molecule has 0 aliphatic carbocycles. The Morgan fingerprint density at radius 3 is 1.29 bits per heavy atom. The lowest BCUT2D eigenvalue weighted by Crippen LogP contribution is -2.48. The van der Waals surface area contributed by atoms with Crippen molar-refractivity contribution in [3.63, 3.8) is 0 Å². The highest BCUT2D eigenvalue weighted by molar-refractivity contribution is 5.85. The quantitative estimate of drug-likeness (QED) is 0.187. The van der Waals surface area contributed by atoms with Crippen LogP contribution in [0.2, 0.25) is 0 Å². The van der Waals surface area contributed by atoms with Crippen LogP contribution >= 0.6 is 12.4 Å². The molecule has 0 saturated heterocycles. The van der Waals surface area contributed by atoms with E-state index < -0.39 is 5.54 Å². The molecule has 0 fully saturated rings. The van der Waals surface area contributed by atoms with Gasteiger partial charge in [-0.1, -0.05) is 127 Å². The first-order valence-corrected chi connectivity index (χ1v) is 12.6. The van der Waals surface area contributed by atoms with Crippen LogP contribution < -0.4 is 5.32 Å². The second-order valence-corrected chi connectivity index (χ2v) is 9.46. The molecule has 0 aliphatic rings. The van der Waals surface area contributed by atoms with E-state index in [1.807, 2.05) is 66.7 Å². The van der Waals surface area contributed by atoms with Crippen LogP contribution in [-0.4, -0.2) is 10.2 Å². The number of benzene rings is 5. The molecule has 0 bridgehead atoms. The number of para-hydroxylation sites is 2. The molecule has 0 atom stereocenters. The summed E-state index contributed by atoms with van der Waals surface area (Å²) in [6.45, 7) is 0. The van der Waals surface area contributed by atoms with E-state index in [0.717, 1.165) is 27.8 Å². The number of hydrogen-bond donors (Lipinski definition) is 3. The number of aromatic hydroxyl groups is 2. The molecule has 0 amide bonds. The van der Waals surface area contributed by atoms with Gasteiger partial charge >= 0.3 is 0 Å². The molecule has 0 spiro atoms. The maximum Gasteiger partial charge on any atom is 0.118 e. The largest absolute Gasteiger partial charge is 0.508 e. The van der Waals surface area contributed by atoms with E-state index >= 15 is 0 Å². The monoisotopic (exact) mass is 521 g/mol. The molecule has 192 valence electrons. The number of halogens is 1. The summed E-state index contributed by atoms with van der Waals surface area (Å²) in [6, 6.07) is 46.1. The molecular weight excluding hydrogens is 490 g/mol. The Bertz CT molecular complexity index is 1340. The topological polar surface area (TPSA) is 52.5 Å². The van der Waals surface area contributed by atoms with Crippen molar-refractivity contribution in [3.8, 4) is 11.5 Å². The van der Waals surface area contributed by atoms with Crippen LogP contribution in [0.3, 0.4) is 0 Å². The molecule has 0 unspecified atom stereocenters. The van der Waals surface area contributed by atoms with Crippen LogP contribution in [0.4, 0.5) is 0 Å². The normalized spacial score (nSPS) is 11.2. The summed E-state index contributed by atoms with van der Waals surface area (Å²) in [5.41, 5.74) is 4.39. The second-order valence-electron chi connectivity index (χ2n) is 9.46. The fraction of sp³-hybridized carbons (Fsp3) is 0.118. The highest BCUT2D eigenvalue weighted by atomic mass is 35.5. The van der Waals surface area contributed by atoms with Gasteiger partial charge < -0.3 is 10.2 Å². The number of phenols is 2. The van der Waals surface area contributed by atoms with E-state index in [9.17, 15) is 10.2 Å². The molecule has 3 N–H and O–H groups in total. The Labute approximate surface area is 230 Å². The summed E-state index contributed by atoms with van der Waals surface area (Å²) < 4.78 is 0. The van der Waals surface area contributed by atoms with Gasteiger partial charge in [0.25, 0.3) is 0 Å². The zero-order valence-corrected chi connectivity index (χ0v) is 21.9. The lowest BCUT2D eigenvalue weighted by atomic mass is 9.77. The fourth-order valence-corrected chi connectivity index (χ4v) is 5.11. The van der Waals surface area contributed by atoms with E-state index in [1.165, 1.54) is 0 Å². The molecule has 0 radical (unpaired) electrons. The Morgan fingerprint density at radius 1 is 0.500 bits per heavy atom. The molecule has 0 aromatic heterocycles. The van der Waals surface area contributed by atoms with E-state index in [0.29, 0.717) is 12.8 Å². The van der Waals surface area contributed by atoms with Crippen LogP contribution in [-0.2, 0) is 18.4 Å². The highest BCUT2D eigenvalue weighted by Crippen LogP contribution is 2.38. The van der Waals surface area contributed by atoms with Crippen molar-refractivity contribution >= 4 is 12.4 Å². The number of hydrogen-bond acceptors (Lipinski definition) is 3. The summed E-state index contributed by atoms with van der Waals surface area (Å²) in [4.78, 5) is 0. The number of phenolic OH excluding ortho intramolecular Hbond substituents is 2. The van der Waals surface area contributed by atoms with Crippen molar-refractivity contribution in [3.05, 3.63) is 167 Å². The first kappa shape index (κ1) is 27.0. The van der Waals surface area contributed by atoms with Crippen LogP contribution in [0.15, 0.2) is 140 Å². The zero-order chi connectivity index (χ0) is 25.5. The van der Waals surface area contributed by atoms with Crippen LogP contribution in [0.25, 0.3) is 0 Å². The SMILES string of the molecule is Cl.Oc1ccccc1CC(Cc1ccccc1O)(NC(c1ccccc1)c1ccccc1)c1ccccc1. The van der Waals surface area contributed by atoms with Gasteiger partial charge in [0.1, 0.15) is 11.5 Å². The van der Waals surface area contributed by atoms with E-state index in [1.54, 1.807) is 12.1 Å². The summed E-state index contributed by atoms with van der Waals surface area (Å²) in [6.07, 6.45) is 1.04. The van der Waals surface area contributed by atoms with E-state index in [2.05, 4.69) is 66.0 Å². The van der Waals surface area contributed by atoms with Crippen molar-refractivity contribution in [2.45, 2.75) is 24.4 Å². The van der Waals surface area contributed by atoms with Gasteiger partial charge in [-0.2, -0.15) is 0 Å². The van der Waals surface area contributed by atoms with Gasteiger partial charge in [0.2, 0.25) is 0 Å². The van der Waals surface area contributed by atoms with Crippen molar-refractivity contribution in [1.82, 2.24) is 5.32 Å². The van der Waals surface area contributed by atoms with Crippen molar-refractivity contribution in [2.24, 2.45) is 0 Å². The lowest BCUT2D eigenvalue weighted by Gasteiger charge is -2.40. The molecule has 5 aromatic carbocycles. The van der Waals surface area contributed by atoms with Gasteiger partial charge in [0.05, 0.1) is 11.6 Å². The minimum Gasteiger partial charge on any atom is -0.508 e. The average Bonchev–Trinajstić information content (AvgIpc) is 2.95. The van der Waals surface area contributed by atoms with Crippen LogP contribution in [0.5, 0.6) is 11.5 Å². The first-order chi connectivity index (χ1) is 18.1. The predicted molar refractivity (Wildman–Crippen MR) is 157 cm³/mol. The van der Waals surface area contributed by atoms with Gasteiger partial charge in [-0.3, -0.25) is 5.32 Å². The van der Waals surface area contributed by atoms with Crippen molar-refractivity contribution < 1.29 is 10.2 Å². The van der Waals surface area contributed by atoms with Crippen molar-refractivity contribution in [2.75, 3.05) is 0 Å². The zero-order valence-electron chi connectivity index (χ0n) is 21.1. The Morgan fingerprint density at radius 2 is 0.868 bits per heavy atom. The van der Waals surface area contributed by atoms with Crippen LogP contribution in [0, 0.1) is 0 Å². The molecule has 4 heteroatoms. The molecular formula is C34H32ClNO2. The smallest absolute Gasteiger partial charge is 0.118 e. The van der Waals surface area contributed by atoms with Gasteiger partial charge in [-0.25, -0.2) is 0 Å². The average molecular weight is 522 g/mol. The Kier molecular flexibility index (Phi) is 8.85.